The van der Waals surface area contributed by atoms with Crippen molar-refractivity contribution in [2.45, 2.75) is 118 Å². The molecule has 65 heavy (non-hydrogen) atoms. The zero-order valence-electron chi connectivity index (χ0n) is 39.3. The Kier molecular flexibility index (Phi) is 14.5. The van der Waals surface area contributed by atoms with Gasteiger partial charge >= 0.3 is 17.7 Å². The first-order chi connectivity index (χ1) is 30.6. The number of ether oxygens (including phenoxy) is 5. The fourth-order valence-electron chi connectivity index (χ4n) is 9.64. The van der Waals surface area contributed by atoms with E-state index in [4.69, 9.17) is 34.4 Å². The highest BCUT2D eigenvalue weighted by atomic mass is 16.7. The number of anilines is 1. The molecular formula is C48H65N5O12. The standard InChI is InChI=1S/C48H65N5O12/c1-23(2)22-53-18-16-48(17-19-53)51-36-33-34-40(57)29(8)44-35(33)45(59)47(10,65-44)62-20-15-31(61-11)26(5)43(63-30(9)54)28(7)39(56)27(6)42(64-32(55)21-49)24(3)13-12-14-25(4)46(60)50-38(41(34)58)37(36)52-48/h12-15,20,23-24,26-28,31,39,42-43,51,56-58H,16-19,21-22,49H2,1-11H3/b13-12-,20-15?,25-14?,50-38?/t24-,26+,27-,28+,31-,39+,42-,43+,47-/m0/s1. The van der Waals surface area contributed by atoms with Crippen molar-refractivity contribution in [2.75, 3.05) is 38.6 Å². The molecule has 1 fully saturated rings. The predicted molar refractivity (Wildman–Crippen MR) is 241 cm³/mol. The Morgan fingerprint density at radius 2 is 1.65 bits per heavy atom. The number of nitrogens with two attached hydrogens (primary N) is 1. The number of Topliss-reactive ketones (excluding diaryl/α,β-unsaturated/α-hetero) is 1. The van der Waals surface area contributed by atoms with E-state index in [1.807, 2.05) is 0 Å². The number of hydrogen-bond donors (Lipinski definition) is 5. The minimum Gasteiger partial charge on any atom is -0.507 e. The lowest BCUT2D eigenvalue weighted by Gasteiger charge is -2.38. The normalized spacial score (nSPS) is 30.0. The zero-order chi connectivity index (χ0) is 47.9. The molecule has 0 saturated carbocycles. The maximum absolute atomic E-state index is 14.8. The van der Waals surface area contributed by atoms with Gasteiger partial charge in [-0.1, -0.05) is 59.8 Å². The molecule has 4 aliphatic rings. The van der Waals surface area contributed by atoms with Gasteiger partial charge in [0.2, 0.25) is 0 Å². The number of amides is 1. The summed E-state index contributed by atoms with van der Waals surface area (Å²) >= 11 is 0. The second kappa shape index (κ2) is 19.2. The second-order valence-corrected chi connectivity index (χ2v) is 18.6. The van der Waals surface area contributed by atoms with Gasteiger partial charge in [-0.05, 0) is 25.8 Å². The van der Waals surface area contributed by atoms with E-state index in [0.717, 1.165) is 6.54 Å². The monoisotopic (exact) mass is 903 g/mol. The smallest absolute Gasteiger partial charge is 0.320 e. The lowest BCUT2D eigenvalue weighted by molar-refractivity contribution is -0.164. The SMILES string of the molecule is CO[C@H]1C=CO[C@@]2(C)Oc3c(C)c(O)c4c(O)c(c5c(c4c3C2=O)NC2(CCN(CC(C)C)CC2)N=5)=NC(=O)C(C)=C/C=C\[C@H](C)[C@H](OC(=O)CN)[C@@H](C)[C@@H](O)[C@@H](C)[C@H](OC(C)=O)[C@@H]1C. The van der Waals surface area contributed by atoms with Crippen LogP contribution in [0, 0.1) is 36.5 Å². The first-order valence-corrected chi connectivity index (χ1v) is 22.4. The Balaban J connectivity index is 1.56. The molecule has 9 atom stereocenters. The predicted octanol–water partition coefficient (Wildman–Crippen LogP) is 4.26. The van der Waals surface area contributed by atoms with Gasteiger partial charge in [-0.15, -0.1) is 0 Å². The topological polar surface area (TPSA) is 241 Å². The minimum atomic E-state index is -1.98. The van der Waals surface area contributed by atoms with Gasteiger partial charge in [0, 0.05) is 93.6 Å². The molecule has 2 aromatic rings. The second-order valence-electron chi connectivity index (χ2n) is 18.6. The lowest BCUT2D eigenvalue weighted by Crippen LogP contribution is -2.47. The summed E-state index contributed by atoms with van der Waals surface area (Å²) in [6.45, 7) is 19.0. The van der Waals surface area contributed by atoms with Gasteiger partial charge < -0.3 is 55.0 Å². The van der Waals surface area contributed by atoms with Crippen LogP contribution in [0.25, 0.3) is 10.8 Å². The molecular weight excluding hydrogens is 839 g/mol. The Hall–Kier alpha value is -5.36. The molecule has 4 heterocycles. The van der Waals surface area contributed by atoms with Gasteiger partial charge in [-0.3, -0.25) is 24.2 Å². The number of nitrogens with one attached hydrogen (secondary N) is 1. The number of ketones is 1. The zero-order valence-corrected chi connectivity index (χ0v) is 39.3. The number of aliphatic hydroxyl groups excluding tert-OH is 1. The molecule has 17 nitrogen and oxygen atoms in total. The third-order valence-corrected chi connectivity index (χ3v) is 13.3. The molecule has 1 amide bonds. The van der Waals surface area contributed by atoms with Crippen molar-refractivity contribution >= 4 is 40.1 Å². The molecule has 6 rings (SSSR count). The van der Waals surface area contributed by atoms with E-state index in [1.165, 1.54) is 39.4 Å². The fraction of sp³-hybridized carbons (Fsp3) is 0.583. The quantitative estimate of drug-likeness (QED) is 0.201. The van der Waals surface area contributed by atoms with Crippen LogP contribution in [0.15, 0.2) is 46.1 Å². The van der Waals surface area contributed by atoms with Gasteiger partial charge in [0.05, 0.1) is 41.7 Å². The highest BCUT2D eigenvalue weighted by Crippen LogP contribution is 2.51. The van der Waals surface area contributed by atoms with Crippen molar-refractivity contribution in [2.24, 2.45) is 45.3 Å². The van der Waals surface area contributed by atoms with Crippen LogP contribution in [0.5, 0.6) is 17.2 Å². The Morgan fingerprint density at radius 3 is 2.26 bits per heavy atom. The number of benzene rings is 2. The highest BCUT2D eigenvalue weighted by Gasteiger charge is 2.51. The van der Waals surface area contributed by atoms with Crippen molar-refractivity contribution in [3.05, 3.63) is 58.0 Å². The molecule has 1 spiro atoms. The summed E-state index contributed by atoms with van der Waals surface area (Å²) in [5, 5.41) is 39.5. The van der Waals surface area contributed by atoms with Gasteiger partial charge in [-0.25, -0.2) is 4.99 Å². The number of likely N-dealkylation sites (tertiary alicyclic amines) is 1. The molecule has 0 aromatic heterocycles. The average Bonchev–Trinajstić information content (AvgIpc) is 3.76. The number of phenolic OH excluding ortho intramolecular Hbond substituents is 2. The number of fused-ring (bicyclic) bond motifs is 1. The maximum Gasteiger partial charge on any atom is 0.320 e. The minimum absolute atomic E-state index is 0.0383. The molecule has 0 radical (unpaired) electrons. The summed E-state index contributed by atoms with van der Waals surface area (Å²) in [5.74, 6) is -7.67. The molecule has 17 heteroatoms. The van der Waals surface area contributed by atoms with Gasteiger partial charge in [-0.2, -0.15) is 0 Å². The van der Waals surface area contributed by atoms with Crippen molar-refractivity contribution in [3.63, 3.8) is 0 Å². The van der Waals surface area contributed by atoms with Crippen LogP contribution in [0.2, 0.25) is 0 Å². The number of hydrogen-bond acceptors (Lipinski definition) is 16. The summed E-state index contributed by atoms with van der Waals surface area (Å²) in [4.78, 5) is 65.9. The van der Waals surface area contributed by atoms with Crippen LogP contribution >= 0.6 is 0 Å². The summed E-state index contributed by atoms with van der Waals surface area (Å²) in [7, 11) is 1.45. The molecule has 0 unspecified atom stereocenters. The summed E-state index contributed by atoms with van der Waals surface area (Å²) in [5.41, 5.74) is 5.42. The number of rotatable bonds is 6. The number of aromatic hydroxyl groups is 2. The molecule has 6 N–H and O–H groups in total. The number of allylic oxidation sites excluding steroid dienone is 2. The van der Waals surface area contributed by atoms with Gasteiger partial charge in [0.15, 0.2) is 5.75 Å². The first kappa shape index (κ1) is 49.1. The number of phenols is 2. The van der Waals surface area contributed by atoms with Gasteiger partial charge in [0.25, 0.3) is 11.7 Å². The van der Waals surface area contributed by atoms with E-state index in [2.05, 4.69) is 29.1 Å². The number of aliphatic hydroxyl groups is 1. The number of carbonyl (C=O) groups excluding carboxylic acids is 4. The summed E-state index contributed by atoms with van der Waals surface area (Å²) in [6, 6.07) is 0. The van der Waals surface area contributed by atoms with Crippen molar-refractivity contribution in [1.82, 2.24) is 4.90 Å². The molecule has 0 aliphatic carbocycles. The lowest BCUT2D eigenvalue weighted by atomic mass is 9.78. The number of piperidine rings is 1. The molecule has 4 aliphatic heterocycles. The number of nitrogens with zero attached hydrogens (tertiary/aromatic N) is 3. The molecule has 4 bridgehead atoms. The third kappa shape index (κ3) is 9.51. The van der Waals surface area contributed by atoms with Crippen LogP contribution in [0.4, 0.5) is 5.69 Å². The average molecular weight is 904 g/mol. The Bertz CT molecular complexity index is 2440. The van der Waals surface area contributed by atoms with Crippen LogP contribution in [0.1, 0.15) is 91.1 Å². The number of carbonyl (C=O) groups is 4. The van der Waals surface area contributed by atoms with Crippen LogP contribution in [0.3, 0.4) is 0 Å². The van der Waals surface area contributed by atoms with Crippen molar-refractivity contribution in [3.8, 4) is 17.2 Å². The number of methoxy groups -OCH3 is 1. The Labute approximate surface area is 379 Å². The van der Waals surface area contributed by atoms with E-state index in [-0.39, 0.29) is 49.7 Å². The highest BCUT2D eigenvalue weighted by molar-refractivity contribution is 6.21. The number of esters is 2. The molecule has 354 valence electrons. The van der Waals surface area contributed by atoms with E-state index < -0.39 is 95.5 Å². The van der Waals surface area contributed by atoms with E-state index >= 15 is 0 Å². The van der Waals surface area contributed by atoms with E-state index in [0.29, 0.717) is 37.5 Å². The maximum atomic E-state index is 14.8. The van der Waals surface area contributed by atoms with Gasteiger partial charge in [0.1, 0.15) is 40.1 Å². The Morgan fingerprint density at radius 1 is 0.985 bits per heavy atom. The fourth-order valence-corrected chi connectivity index (χ4v) is 9.64. The van der Waals surface area contributed by atoms with Crippen molar-refractivity contribution in [1.29, 1.82) is 0 Å². The van der Waals surface area contributed by atoms with Crippen LogP contribution < -0.4 is 26.5 Å². The van der Waals surface area contributed by atoms with E-state index in [9.17, 15) is 34.5 Å². The van der Waals surface area contributed by atoms with E-state index in [1.54, 1.807) is 53.7 Å². The third-order valence-electron chi connectivity index (χ3n) is 13.3. The van der Waals surface area contributed by atoms with Crippen LogP contribution in [-0.4, -0.2) is 113 Å². The van der Waals surface area contributed by atoms with Crippen LogP contribution in [-0.2, 0) is 33.3 Å². The first-order valence-electron chi connectivity index (χ1n) is 22.4. The molecule has 2 aromatic carbocycles. The summed E-state index contributed by atoms with van der Waals surface area (Å²) < 4.78 is 29.9. The largest absolute Gasteiger partial charge is 0.507 e. The van der Waals surface area contributed by atoms with Crippen molar-refractivity contribution < 1.29 is 58.2 Å². The summed E-state index contributed by atoms with van der Waals surface area (Å²) in [6.07, 6.45) is 4.91. The molecule has 1 saturated heterocycles.